The number of carbonyl (C=O) groups excluding carboxylic acids is 1. The smallest absolute Gasteiger partial charge is 0.161 e. The molecule has 1 aromatic rings. The van der Waals surface area contributed by atoms with Crippen molar-refractivity contribution in [2.24, 2.45) is 0 Å². The Balaban J connectivity index is 3.08. The first-order chi connectivity index (χ1) is 7.97. The highest BCUT2D eigenvalue weighted by Gasteiger charge is 2.15. The van der Waals surface area contributed by atoms with Gasteiger partial charge in [0, 0.05) is 34.6 Å². The third kappa shape index (κ3) is 3.75. The zero-order valence-electron chi connectivity index (χ0n) is 10.7. The largest absolute Gasteiger partial charge is 0.370 e. The molecule has 0 bridgehead atoms. The van der Waals surface area contributed by atoms with Crippen LogP contribution in [0.5, 0.6) is 0 Å². The topological polar surface area (TPSA) is 20.3 Å². The molecule has 0 heterocycles. The molecule has 1 unspecified atom stereocenters. The third-order valence-corrected chi connectivity index (χ3v) is 4.10. The van der Waals surface area contributed by atoms with E-state index in [1.165, 1.54) is 0 Å². The average molecular weight is 316 g/mol. The number of nitrogens with zero attached hydrogens (tertiary/aromatic N) is 1. The molecule has 0 spiro atoms. The molecule has 0 aliphatic carbocycles. The normalized spacial score (nSPS) is 12.3. The van der Waals surface area contributed by atoms with E-state index < -0.39 is 0 Å². The molecule has 0 aliphatic rings. The third-order valence-electron chi connectivity index (χ3n) is 2.79. The fraction of sp³-hybridized carbons (Fsp3) is 0.462. The summed E-state index contributed by atoms with van der Waals surface area (Å²) in [5.41, 5.74) is 1.78. The van der Waals surface area contributed by atoms with Crippen molar-refractivity contribution in [3.8, 4) is 0 Å². The van der Waals surface area contributed by atoms with E-state index in [1.54, 1.807) is 6.92 Å². The summed E-state index contributed by atoms with van der Waals surface area (Å²) in [5, 5.41) is 0. The van der Waals surface area contributed by atoms with Gasteiger partial charge in [-0.05, 0) is 38.3 Å². The maximum absolute atomic E-state index is 11.7. The van der Waals surface area contributed by atoms with E-state index in [0.717, 1.165) is 21.5 Å². The molecule has 4 heteroatoms. The highest BCUT2D eigenvalue weighted by atomic mass is 79.9. The van der Waals surface area contributed by atoms with Crippen molar-refractivity contribution in [3.63, 3.8) is 0 Å². The van der Waals surface area contributed by atoms with Gasteiger partial charge >= 0.3 is 0 Å². The zero-order chi connectivity index (χ0) is 13.0. The maximum atomic E-state index is 11.7. The van der Waals surface area contributed by atoms with Gasteiger partial charge in [-0.1, -0.05) is 15.9 Å². The SMILES string of the molecule is CSCC(C)N(C)c1ccc(Br)cc1C(C)=O. The first-order valence-electron chi connectivity index (χ1n) is 5.49. The van der Waals surface area contributed by atoms with Gasteiger partial charge in [0.05, 0.1) is 0 Å². The molecule has 0 aliphatic heterocycles. The van der Waals surface area contributed by atoms with Crippen LogP contribution in [-0.2, 0) is 0 Å². The Bertz CT molecular complexity index is 408. The van der Waals surface area contributed by atoms with Crippen LogP contribution < -0.4 is 4.90 Å². The van der Waals surface area contributed by atoms with E-state index in [1.807, 2.05) is 37.0 Å². The van der Waals surface area contributed by atoms with Crippen LogP contribution in [0.1, 0.15) is 24.2 Å². The molecular formula is C13H18BrNOS. The van der Waals surface area contributed by atoms with Crippen molar-refractivity contribution >= 4 is 39.2 Å². The molecule has 1 rings (SSSR count). The van der Waals surface area contributed by atoms with Crippen LogP contribution in [0.25, 0.3) is 0 Å². The van der Waals surface area contributed by atoms with E-state index in [0.29, 0.717) is 6.04 Å². The van der Waals surface area contributed by atoms with Crippen molar-refractivity contribution in [1.82, 2.24) is 0 Å². The summed E-state index contributed by atoms with van der Waals surface area (Å²) in [7, 11) is 2.04. The predicted octanol–water partition coefficient (Wildman–Crippen LogP) is 3.84. The Morgan fingerprint density at radius 3 is 2.71 bits per heavy atom. The zero-order valence-corrected chi connectivity index (χ0v) is 13.1. The van der Waals surface area contributed by atoms with Crippen LogP contribution >= 0.6 is 27.7 Å². The van der Waals surface area contributed by atoms with Crippen LogP contribution in [0.4, 0.5) is 5.69 Å². The molecule has 1 atom stereocenters. The molecule has 0 saturated heterocycles. The molecule has 0 N–H and O–H groups in total. The quantitative estimate of drug-likeness (QED) is 0.770. The van der Waals surface area contributed by atoms with Gasteiger partial charge in [0.15, 0.2) is 5.78 Å². The lowest BCUT2D eigenvalue weighted by Gasteiger charge is -2.28. The highest BCUT2D eigenvalue weighted by molar-refractivity contribution is 9.10. The Labute approximate surface area is 116 Å². The molecule has 0 fully saturated rings. The summed E-state index contributed by atoms with van der Waals surface area (Å²) in [5.74, 6) is 1.15. The van der Waals surface area contributed by atoms with E-state index in [9.17, 15) is 4.79 Å². The number of carbonyl (C=O) groups is 1. The first-order valence-corrected chi connectivity index (χ1v) is 7.68. The fourth-order valence-corrected chi connectivity index (χ4v) is 2.76. The number of ketones is 1. The molecule has 17 heavy (non-hydrogen) atoms. The molecule has 0 amide bonds. The minimum Gasteiger partial charge on any atom is -0.370 e. The van der Waals surface area contributed by atoms with Crippen LogP contribution in [0, 0.1) is 0 Å². The van der Waals surface area contributed by atoms with E-state index in [4.69, 9.17) is 0 Å². The first kappa shape index (κ1) is 14.6. The number of halogens is 1. The van der Waals surface area contributed by atoms with Gasteiger partial charge < -0.3 is 4.90 Å². The number of thioether (sulfide) groups is 1. The second-order valence-electron chi connectivity index (χ2n) is 4.13. The highest BCUT2D eigenvalue weighted by Crippen LogP contribution is 2.26. The van der Waals surface area contributed by atoms with Gasteiger partial charge in [0.2, 0.25) is 0 Å². The minimum absolute atomic E-state index is 0.101. The molecule has 0 aromatic heterocycles. The number of anilines is 1. The van der Waals surface area contributed by atoms with Crippen molar-refractivity contribution < 1.29 is 4.79 Å². The second kappa shape index (κ2) is 6.45. The van der Waals surface area contributed by atoms with Gasteiger partial charge in [-0.2, -0.15) is 11.8 Å². The maximum Gasteiger partial charge on any atom is 0.161 e. The minimum atomic E-state index is 0.101. The summed E-state index contributed by atoms with van der Waals surface area (Å²) in [6.07, 6.45) is 2.10. The molecule has 1 aromatic carbocycles. The Morgan fingerprint density at radius 1 is 1.53 bits per heavy atom. The van der Waals surface area contributed by atoms with Crippen molar-refractivity contribution in [3.05, 3.63) is 28.2 Å². The van der Waals surface area contributed by atoms with Crippen LogP contribution in [-0.4, -0.2) is 30.9 Å². The van der Waals surface area contributed by atoms with Gasteiger partial charge in [0.1, 0.15) is 0 Å². The summed E-state index contributed by atoms with van der Waals surface area (Å²) >= 11 is 5.22. The van der Waals surface area contributed by atoms with Crippen LogP contribution in [0.2, 0.25) is 0 Å². The number of benzene rings is 1. The van der Waals surface area contributed by atoms with E-state index in [-0.39, 0.29) is 5.78 Å². The lowest BCUT2D eigenvalue weighted by Crippen LogP contribution is -2.31. The lowest BCUT2D eigenvalue weighted by atomic mass is 10.1. The number of hydrogen-bond donors (Lipinski definition) is 0. The van der Waals surface area contributed by atoms with Crippen LogP contribution in [0.3, 0.4) is 0 Å². The van der Waals surface area contributed by atoms with Gasteiger partial charge in [-0.25, -0.2) is 0 Å². The van der Waals surface area contributed by atoms with Gasteiger partial charge in [-0.3, -0.25) is 4.79 Å². The van der Waals surface area contributed by atoms with E-state index >= 15 is 0 Å². The Hall–Kier alpha value is -0.480. The van der Waals surface area contributed by atoms with Gasteiger partial charge in [0.25, 0.3) is 0 Å². The fourth-order valence-electron chi connectivity index (χ4n) is 1.69. The molecular weight excluding hydrogens is 298 g/mol. The molecule has 2 nitrogen and oxygen atoms in total. The average Bonchev–Trinajstić information content (AvgIpc) is 2.28. The molecule has 94 valence electrons. The monoisotopic (exact) mass is 315 g/mol. The molecule has 0 radical (unpaired) electrons. The summed E-state index contributed by atoms with van der Waals surface area (Å²) in [4.78, 5) is 13.8. The number of Topliss-reactive ketones (excluding diaryl/α,β-unsaturated/α-hetero) is 1. The Morgan fingerprint density at radius 2 is 2.18 bits per heavy atom. The lowest BCUT2D eigenvalue weighted by molar-refractivity contribution is 0.101. The Kier molecular flexibility index (Phi) is 5.53. The summed E-state index contributed by atoms with van der Waals surface area (Å²) in [6.45, 7) is 3.78. The standard InChI is InChI=1S/C13H18BrNOS/c1-9(8-17-4)15(3)13-6-5-11(14)7-12(13)10(2)16/h5-7,9H,8H2,1-4H3. The van der Waals surface area contributed by atoms with Crippen molar-refractivity contribution in [2.45, 2.75) is 19.9 Å². The predicted molar refractivity (Wildman–Crippen MR) is 80.4 cm³/mol. The van der Waals surface area contributed by atoms with Gasteiger partial charge in [-0.15, -0.1) is 0 Å². The summed E-state index contributed by atoms with van der Waals surface area (Å²) < 4.78 is 0.942. The summed E-state index contributed by atoms with van der Waals surface area (Å²) in [6, 6.07) is 6.27. The van der Waals surface area contributed by atoms with Crippen LogP contribution in [0.15, 0.2) is 22.7 Å². The van der Waals surface area contributed by atoms with E-state index in [2.05, 4.69) is 34.0 Å². The molecule has 0 saturated carbocycles. The second-order valence-corrected chi connectivity index (χ2v) is 5.96. The number of hydrogen-bond acceptors (Lipinski definition) is 3. The number of rotatable bonds is 5. The van der Waals surface area contributed by atoms with Crippen molar-refractivity contribution in [1.29, 1.82) is 0 Å². The van der Waals surface area contributed by atoms with Crippen molar-refractivity contribution in [2.75, 3.05) is 24.0 Å².